The number of rotatable bonds is 3. The van der Waals surface area contributed by atoms with Crippen LogP contribution in [0.3, 0.4) is 0 Å². The zero-order valence-corrected chi connectivity index (χ0v) is 14.1. The van der Waals surface area contributed by atoms with E-state index in [0.29, 0.717) is 22.6 Å². The van der Waals surface area contributed by atoms with E-state index in [1.165, 1.54) is 25.7 Å². The minimum absolute atomic E-state index is 0.183. The first-order valence-electron chi connectivity index (χ1n) is 7.72. The van der Waals surface area contributed by atoms with Crippen LogP contribution >= 0.6 is 11.8 Å². The van der Waals surface area contributed by atoms with Gasteiger partial charge in [-0.15, -0.1) is 0 Å². The molecule has 2 aliphatic rings. The first-order chi connectivity index (χ1) is 10.1. The van der Waals surface area contributed by atoms with Gasteiger partial charge >= 0.3 is 0 Å². The van der Waals surface area contributed by atoms with E-state index in [1.54, 1.807) is 6.07 Å². The molecule has 1 aliphatic heterocycles. The lowest BCUT2D eigenvalue weighted by molar-refractivity contribution is 0.339. The van der Waals surface area contributed by atoms with Crippen molar-refractivity contribution in [1.29, 1.82) is 0 Å². The Hall–Kier alpha value is -0.520. The van der Waals surface area contributed by atoms with E-state index in [-0.39, 0.29) is 11.8 Å². The Labute approximate surface area is 131 Å². The maximum atomic E-state index is 12.2. The van der Waals surface area contributed by atoms with E-state index in [9.17, 15) is 8.42 Å². The first kappa shape index (κ1) is 15.4. The molecule has 0 radical (unpaired) electrons. The highest BCUT2D eigenvalue weighted by Gasteiger charge is 2.33. The summed E-state index contributed by atoms with van der Waals surface area (Å²) in [4.78, 5) is 0.533. The fourth-order valence-corrected chi connectivity index (χ4v) is 6.16. The van der Waals surface area contributed by atoms with E-state index < -0.39 is 9.84 Å². The van der Waals surface area contributed by atoms with Crippen LogP contribution in [-0.4, -0.2) is 31.7 Å². The number of sulfone groups is 1. The summed E-state index contributed by atoms with van der Waals surface area (Å²) in [5.74, 6) is 0.262. The lowest BCUT2D eigenvalue weighted by Gasteiger charge is -2.36. The van der Waals surface area contributed by atoms with Gasteiger partial charge in [0.2, 0.25) is 0 Å². The van der Waals surface area contributed by atoms with Crippen LogP contribution in [0.4, 0.5) is 0 Å². The van der Waals surface area contributed by atoms with Gasteiger partial charge in [0.15, 0.2) is 9.84 Å². The van der Waals surface area contributed by atoms with E-state index >= 15 is 0 Å². The Morgan fingerprint density at radius 3 is 2.71 bits per heavy atom. The highest BCUT2D eigenvalue weighted by atomic mass is 32.2. The Bertz CT molecular complexity index is 600. The molecule has 1 heterocycles. The van der Waals surface area contributed by atoms with Gasteiger partial charge < -0.3 is 5.32 Å². The van der Waals surface area contributed by atoms with Gasteiger partial charge in [-0.05, 0) is 37.1 Å². The largest absolute Gasteiger partial charge is 0.306 e. The van der Waals surface area contributed by atoms with Crippen molar-refractivity contribution in [3.05, 3.63) is 29.8 Å². The summed E-state index contributed by atoms with van der Waals surface area (Å²) in [6.07, 6.45) is 7.95. The quantitative estimate of drug-likeness (QED) is 0.927. The molecule has 0 saturated heterocycles. The van der Waals surface area contributed by atoms with Crippen molar-refractivity contribution in [2.75, 3.05) is 12.0 Å². The van der Waals surface area contributed by atoms with Crippen LogP contribution in [0.25, 0.3) is 0 Å². The van der Waals surface area contributed by atoms with Crippen LogP contribution in [0.2, 0.25) is 0 Å². The van der Waals surface area contributed by atoms with Crippen LogP contribution in [0.5, 0.6) is 0 Å². The molecule has 0 amide bonds. The average Bonchev–Trinajstić information content (AvgIpc) is 2.51. The van der Waals surface area contributed by atoms with Gasteiger partial charge in [-0.3, -0.25) is 0 Å². The van der Waals surface area contributed by atoms with E-state index in [1.807, 2.05) is 30.0 Å². The summed E-state index contributed by atoms with van der Waals surface area (Å²) in [6, 6.07) is 8.19. The van der Waals surface area contributed by atoms with Crippen LogP contribution in [0.1, 0.15) is 43.7 Å². The van der Waals surface area contributed by atoms with Crippen molar-refractivity contribution in [3.63, 3.8) is 0 Å². The summed E-state index contributed by atoms with van der Waals surface area (Å²) in [7, 11) is -3.08. The van der Waals surface area contributed by atoms with Gasteiger partial charge in [0.05, 0.1) is 10.6 Å². The smallest absolute Gasteiger partial charge is 0.178 e. The molecule has 1 aromatic rings. The lowest BCUT2D eigenvalue weighted by atomic mass is 9.92. The van der Waals surface area contributed by atoms with Gasteiger partial charge in [-0.25, -0.2) is 8.42 Å². The molecule has 1 fully saturated rings. The van der Waals surface area contributed by atoms with E-state index in [4.69, 9.17) is 0 Å². The molecular weight excluding hydrogens is 302 g/mol. The van der Waals surface area contributed by atoms with Crippen LogP contribution in [0, 0.1) is 0 Å². The number of fused-ring (bicyclic) bond motifs is 1. The molecule has 21 heavy (non-hydrogen) atoms. The Kier molecular flexibility index (Phi) is 4.62. The molecule has 0 aromatic heterocycles. The fourth-order valence-electron chi connectivity index (χ4n) is 3.59. The predicted octanol–water partition coefficient (Wildman–Crippen LogP) is 3.17. The van der Waals surface area contributed by atoms with Crippen LogP contribution < -0.4 is 5.32 Å². The second-order valence-electron chi connectivity index (χ2n) is 6.03. The predicted molar refractivity (Wildman–Crippen MR) is 88.5 cm³/mol. The zero-order chi connectivity index (χ0) is 14.9. The minimum atomic E-state index is -3.08. The molecule has 116 valence electrons. The monoisotopic (exact) mass is 325 g/mol. The van der Waals surface area contributed by atoms with E-state index in [0.717, 1.165) is 5.56 Å². The highest BCUT2D eigenvalue weighted by molar-refractivity contribution is 7.99. The molecule has 1 aromatic carbocycles. The maximum Gasteiger partial charge on any atom is 0.178 e. The van der Waals surface area contributed by atoms with Crippen molar-refractivity contribution < 1.29 is 8.42 Å². The fraction of sp³-hybridized carbons (Fsp3) is 0.625. The number of thioether (sulfide) groups is 1. The summed E-state index contributed by atoms with van der Waals surface area (Å²) in [5.41, 5.74) is 0.967. The second kappa shape index (κ2) is 6.31. The summed E-state index contributed by atoms with van der Waals surface area (Å²) >= 11 is 1.94. The van der Waals surface area contributed by atoms with Gasteiger partial charge in [0, 0.05) is 17.3 Å². The molecule has 0 bridgehead atoms. The van der Waals surface area contributed by atoms with Crippen molar-refractivity contribution >= 4 is 21.6 Å². The maximum absolute atomic E-state index is 12.2. The zero-order valence-electron chi connectivity index (χ0n) is 12.4. The van der Waals surface area contributed by atoms with Crippen molar-refractivity contribution in [1.82, 2.24) is 5.32 Å². The molecule has 1 saturated carbocycles. The van der Waals surface area contributed by atoms with Gasteiger partial charge in [0.25, 0.3) is 0 Å². The van der Waals surface area contributed by atoms with E-state index in [2.05, 4.69) is 11.6 Å². The summed E-state index contributed by atoms with van der Waals surface area (Å²) in [5, 5.41) is 4.42. The number of benzene rings is 1. The third-order valence-corrected chi connectivity index (χ3v) is 7.71. The Balaban J connectivity index is 1.83. The number of nitrogens with one attached hydrogen (secondary N) is 1. The molecule has 0 spiro atoms. The molecule has 3 unspecified atom stereocenters. The summed E-state index contributed by atoms with van der Waals surface area (Å²) < 4.78 is 24.4. The average molecular weight is 325 g/mol. The minimum Gasteiger partial charge on any atom is -0.306 e. The normalized spacial score (nSPS) is 31.6. The Morgan fingerprint density at radius 1 is 1.14 bits per heavy atom. The van der Waals surface area contributed by atoms with Crippen LogP contribution in [0.15, 0.2) is 29.2 Å². The summed E-state index contributed by atoms with van der Waals surface area (Å²) in [6.45, 7) is 0. The third kappa shape index (κ3) is 3.15. The standard InChI is InChI=1S/C16H23NO2S2/c1-20-15-8-4-3-7-14(15)17-13-10-11-21(18,19)16-9-5-2-6-12(13)16/h2,5-6,9,13-15,17H,3-4,7-8,10-11H2,1H3. The van der Waals surface area contributed by atoms with Crippen molar-refractivity contribution in [3.8, 4) is 0 Å². The van der Waals surface area contributed by atoms with Gasteiger partial charge in [-0.2, -0.15) is 11.8 Å². The molecule has 3 nitrogen and oxygen atoms in total. The lowest BCUT2D eigenvalue weighted by Crippen LogP contribution is -2.44. The molecule has 3 atom stereocenters. The highest BCUT2D eigenvalue weighted by Crippen LogP contribution is 2.35. The SMILES string of the molecule is CSC1CCCCC1NC1CCS(=O)(=O)c2ccccc21. The molecular formula is C16H23NO2S2. The third-order valence-electron chi connectivity index (χ3n) is 4.73. The molecule has 3 rings (SSSR count). The van der Waals surface area contributed by atoms with Gasteiger partial charge in [0.1, 0.15) is 0 Å². The molecule has 1 N–H and O–H groups in total. The van der Waals surface area contributed by atoms with Crippen LogP contribution in [-0.2, 0) is 9.84 Å². The number of hydrogen-bond acceptors (Lipinski definition) is 4. The first-order valence-corrected chi connectivity index (χ1v) is 10.7. The van der Waals surface area contributed by atoms with Crippen molar-refractivity contribution in [2.24, 2.45) is 0 Å². The topological polar surface area (TPSA) is 46.2 Å². The molecule has 5 heteroatoms. The van der Waals surface area contributed by atoms with Crippen molar-refractivity contribution in [2.45, 2.75) is 54.3 Å². The molecule has 1 aliphatic carbocycles. The second-order valence-corrected chi connectivity index (χ2v) is 9.18. The Morgan fingerprint density at radius 2 is 1.90 bits per heavy atom. The number of hydrogen-bond donors (Lipinski definition) is 1. The van der Waals surface area contributed by atoms with Gasteiger partial charge in [-0.1, -0.05) is 31.0 Å².